The van der Waals surface area contributed by atoms with Crippen molar-refractivity contribution < 1.29 is 0 Å². The Labute approximate surface area is 118 Å². The third kappa shape index (κ3) is 3.45. The van der Waals surface area contributed by atoms with Crippen molar-refractivity contribution in [2.45, 2.75) is 20.8 Å². The molecular weight excluding hydrogens is 290 g/mol. The van der Waals surface area contributed by atoms with E-state index in [0.717, 1.165) is 42.4 Å². The van der Waals surface area contributed by atoms with Crippen molar-refractivity contribution in [1.82, 2.24) is 9.88 Å². The van der Waals surface area contributed by atoms with E-state index >= 15 is 0 Å². The molecule has 0 radical (unpaired) electrons. The van der Waals surface area contributed by atoms with E-state index in [1.54, 1.807) is 0 Å². The van der Waals surface area contributed by atoms with Crippen molar-refractivity contribution in [3.8, 4) is 0 Å². The second-order valence-electron chi connectivity index (χ2n) is 5.47. The van der Waals surface area contributed by atoms with Crippen LogP contribution in [0.25, 0.3) is 0 Å². The maximum absolute atomic E-state index is 4.51. The second kappa shape index (κ2) is 6.02. The van der Waals surface area contributed by atoms with Crippen molar-refractivity contribution in [3.63, 3.8) is 0 Å². The molecule has 18 heavy (non-hydrogen) atoms. The minimum absolute atomic E-state index is 0.754. The molecule has 2 heterocycles. The highest BCUT2D eigenvalue weighted by Crippen LogP contribution is 2.21. The Morgan fingerprint density at radius 3 is 2.50 bits per heavy atom. The lowest BCUT2D eigenvalue weighted by molar-refractivity contribution is 0.231. The lowest BCUT2D eigenvalue weighted by Gasteiger charge is -2.36. The van der Waals surface area contributed by atoms with Crippen LogP contribution in [0.3, 0.4) is 0 Å². The van der Waals surface area contributed by atoms with Gasteiger partial charge in [-0.2, -0.15) is 0 Å². The summed E-state index contributed by atoms with van der Waals surface area (Å²) in [7, 11) is 0. The molecule has 3 nitrogen and oxygen atoms in total. The quantitative estimate of drug-likeness (QED) is 0.855. The van der Waals surface area contributed by atoms with Crippen LogP contribution >= 0.6 is 15.9 Å². The van der Waals surface area contributed by atoms with Gasteiger partial charge in [-0.25, -0.2) is 4.98 Å². The second-order valence-corrected chi connectivity index (χ2v) is 6.33. The summed E-state index contributed by atoms with van der Waals surface area (Å²) in [5, 5.41) is 0. The molecular formula is C14H22BrN3. The van der Waals surface area contributed by atoms with Gasteiger partial charge in [-0.1, -0.05) is 13.8 Å². The van der Waals surface area contributed by atoms with Crippen molar-refractivity contribution >= 4 is 21.7 Å². The van der Waals surface area contributed by atoms with Gasteiger partial charge in [-0.15, -0.1) is 0 Å². The summed E-state index contributed by atoms with van der Waals surface area (Å²) in [6.45, 7) is 12.4. The van der Waals surface area contributed by atoms with Gasteiger partial charge >= 0.3 is 0 Å². The van der Waals surface area contributed by atoms with Crippen molar-refractivity contribution in [2.75, 3.05) is 37.6 Å². The molecule has 1 fully saturated rings. The van der Waals surface area contributed by atoms with Crippen LogP contribution in [0.1, 0.15) is 19.4 Å². The highest BCUT2D eigenvalue weighted by molar-refractivity contribution is 9.10. The summed E-state index contributed by atoms with van der Waals surface area (Å²) >= 11 is 3.50. The zero-order valence-electron chi connectivity index (χ0n) is 11.5. The summed E-state index contributed by atoms with van der Waals surface area (Å²) in [5.41, 5.74) is 1.25. The summed E-state index contributed by atoms with van der Waals surface area (Å²) in [6.07, 6.45) is 1.91. The Bertz CT molecular complexity index is 398. The predicted octanol–water partition coefficient (Wildman–Crippen LogP) is 2.93. The first-order valence-electron chi connectivity index (χ1n) is 6.65. The summed E-state index contributed by atoms with van der Waals surface area (Å²) < 4.78 is 1.09. The number of pyridine rings is 1. The van der Waals surface area contributed by atoms with Gasteiger partial charge in [0.05, 0.1) is 0 Å². The number of aromatic nitrogens is 1. The van der Waals surface area contributed by atoms with Gasteiger partial charge in [0.2, 0.25) is 0 Å². The molecule has 0 aliphatic carbocycles. The van der Waals surface area contributed by atoms with E-state index in [1.165, 1.54) is 12.1 Å². The molecule has 0 aromatic carbocycles. The van der Waals surface area contributed by atoms with Crippen LogP contribution < -0.4 is 4.90 Å². The first-order valence-corrected chi connectivity index (χ1v) is 7.45. The van der Waals surface area contributed by atoms with Gasteiger partial charge in [-0.05, 0) is 40.4 Å². The standard InChI is InChI=1S/C14H22BrN3/c1-11(2)10-17-4-6-18(7-5-17)14-8-12(3)13(15)9-16-14/h8-9,11H,4-7,10H2,1-3H3. The molecule has 0 saturated carbocycles. The molecule has 0 unspecified atom stereocenters. The Hall–Kier alpha value is -0.610. The molecule has 0 N–H and O–H groups in total. The zero-order chi connectivity index (χ0) is 13.1. The van der Waals surface area contributed by atoms with Gasteiger partial charge < -0.3 is 4.90 Å². The summed E-state index contributed by atoms with van der Waals surface area (Å²) in [6, 6.07) is 2.17. The average molecular weight is 312 g/mol. The van der Waals surface area contributed by atoms with E-state index < -0.39 is 0 Å². The van der Waals surface area contributed by atoms with E-state index in [4.69, 9.17) is 0 Å². The van der Waals surface area contributed by atoms with E-state index in [2.05, 4.69) is 57.6 Å². The molecule has 0 bridgehead atoms. The molecule has 0 atom stereocenters. The minimum atomic E-state index is 0.754. The van der Waals surface area contributed by atoms with Gasteiger partial charge in [-0.3, -0.25) is 4.90 Å². The predicted molar refractivity (Wildman–Crippen MR) is 80.2 cm³/mol. The number of piperazine rings is 1. The van der Waals surface area contributed by atoms with Crippen molar-refractivity contribution in [2.24, 2.45) is 5.92 Å². The number of nitrogens with zero attached hydrogens (tertiary/aromatic N) is 3. The normalized spacial score (nSPS) is 17.5. The molecule has 1 saturated heterocycles. The summed E-state index contributed by atoms with van der Waals surface area (Å²) in [4.78, 5) is 9.44. The van der Waals surface area contributed by atoms with E-state index in [9.17, 15) is 0 Å². The fraction of sp³-hybridized carbons (Fsp3) is 0.643. The molecule has 0 spiro atoms. The number of hydrogen-bond donors (Lipinski definition) is 0. The molecule has 1 aromatic rings. The van der Waals surface area contributed by atoms with Crippen LogP contribution in [0.15, 0.2) is 16.7 Å². The molecule has 0 amide bonds. The lowest BCUT2D eigenvalue weighted by Crippen LogP contribution is -2.47. The molecule has 2 rings (SSSR count). The lowest BCUT2D eigenvalue weighted by atomic mass is 10.2. The van der Waals surface area contributed by atoms with Crippen LogP contribution in [0.2, 0.25) is 0 Å². The average Bonchev–Trinajstić information content (AvgIpc) is 2.33. The third-order valence-electron chi connectivity index (χ3n) is 3.35. The minimum Gasteiger partial charge on any atom is -0.354 e. The van der Waals surface area contributed by atoms with Crippen molar-refractivity contribution in [1.29, 1.82) is 0 Å². The number of halogens is 1. The summed E-state index contributed by atoms with van der Waals surface area (Å²) in [5.74, 6) is 1.87. The zero-order valence-corrected chi connectivity index (χ0v) is 13.1. The Morgan fingerprint density at radius 1 is 1.28 bits per heavy atom. The maximum atomic E-state index is 4.51. The van der Waals surface area contributed by atoms with Crippen molar-refractivity contribution in [3.05, 3.63) is 22.3 Å². The van der Waals surface area contributed by atoms with Crippen LogP contribution in [-0.4, -0.2) is 42.6 Å². The largest absolute Gasteiger partial charge is 0.354 e. The number of rotatable bonds is 3. The van der Waals surface area contributed by atoms with Crippen LogP contribution in [0, 0.1) is 12.8 Å². The topological polar surface area (TPSA) is 19.4 Å². The molecule has 1 aliphatic heterocycles. The van der Waals surface area contributed by atoms with Gasteiger partial charge in [0, 0.05) is 43.4 Å². The van der Waals surface area contributed by atoms with Crippen LogP contribution in [0.5, 0.6) is 0 Å². The SMILES string of the molecule is Cc1cc(N2CCN(CC(C)C)CC2)ncc1Br. The Kier molecular flexibility index (Phi) is 4.62. The third-order valence-corrected chi connectivity index (χ3v) is 4.18. The number of hydrogen-bond acceptors (Lipinski definition) is 3. The Balaban J connectivity index is 1.94. The van der Waals surface area contributed by atoms with Gasteiger partial charge in [0.15, 0.2) is 0 Å². The maximum Gasteiger partial charge on any atom is 0.128 e. The fourth-order valence-electron chi connectivity index (χ4n) is 2.37. The Morgan fingerprint density at radius 2 is 1.94 bits per heavy atom. The number of aryl methyl sites for hydroxylation is 1. The molecule has 1 aromatic heterocycles. The monoisotopic (exact) mass is 311 g/mol. The highest BCUT2D eigenvalue weighted by atomic mass is 79.9. The van der Waals surface area contributed by atoms with Gasteiger partial charge in [0.1, 0.15) is 5.82 Å². The fourth-order valence-corrected chi connectivity index (χ4v) is 2.59. The van der Waals surface area contributed by atoms with Crippen LogP contribution in [0.4, 0.5) is 5.82 Å². The van der Waals surface area contributed by atoms with E-state index in [-0.39, 0.29) is 0 Å². The first-order chi connectivity index (χ1) is 8.56. The van der Waals surface area contributed by atoms with Crippen LogP contribution in [-0.2, 0) is 0 Å². The smallest absolute Gasteiger partial charge is 0.128 e. The molecule has 4 heteroatoms. The highest BCUT2D eigenvalue weighted by Gasteiger charge is 2.18. The first kappa shape index (κ1) is 13.8. The molecule has 100 valence electrons. The number of anilines is 1. The van der Waals surface area contributed by atoms with E-state index in [0.29, 0.717) is 0 Å². The van der Waals surface area contributed by atoms with Gasteiger partial charge in [0.25, 0.3) is 0 Å². The molecule has 1 aliphatic rings. The van der Waals surface area contributed by atoms with E-state index in [1.807, 2.05) is 6.20 Å².